The van der Waals surface area contributed by atoms with Crippen molar-refractivity contribution in [1.29, 1.82) is 0 Å². The molecule has 21 heavy (non-hydrogen) atoms. The van der Waals surface area contributed by atoms with Gasteiger partial charge in [-0.05, 0) is 38.3 Å². The molecule has 1 atom stereocenters. The molecule has 0 bridgehead atoms. The molecule has 0 aromatic heterocycles. The molecule has 0 aliphatic heterocycles. The highest BCUT2D eigenvalue weighted by Gasteiger charge is 2.28. The molecule has 0 aliphatic rings. The fourth-order valence-electron chi connectivity index (χ4n) is 1.65. The van der Waals surface area contributed by atoms with Crippen LogP contribution in [0.4, 0.5) is 0 Å². The summed E-state index contributed by atoms with van der Waals surface area (Å²) in [5.74, 6) is -0.604. The molecule has 0 unspecified atom stereocenters. The molecule has 0 aliphatic carbocycles. The highest BCUT2D eigenvalue weighted by Crippen LogP contribution is 2.13. The minimum atomic E-state index is -4.02. The maximum Gasteiger partial charge on any atom is 0.323 e. The van der Waals surface area contributed by atoms with Crippen molar-refractivity contribution in [1.82, 2.24) is 0 Å². The minimum Gasteiger partial charge on any atom is -0.480 e. The Kier molecular flexibility index (Phi) is 7.02. The second-order valence-corrected chi connectivity index (χ2v) is 7.03. The SMILES string of the molecule is CC(C)C[C@@](C)(N)C(=O)O.Cc1ccc(S(=O)(=O)O)cc1. The summed E-state index contributed by atoms with van der Waals surface area (Å²) in [6.45, 7) is 7.28. The van der Waals surface area contributed by atoms with Crippen LogP contribution in [0.25, 0.3) is 0 Å². The van der Waals surface area contributed by atoms with Gasteiger partial charge in [0.05, 0.1) is 4.90 Å². The molecule has 0 radical (unpaired) electrons. The zero-order chi connectivity index (χ0) is 16.8. The summed E-state index contributed by atoms with van der Waals surface area (Å²) in [4.78, 5) is 10.4. The van der Waals surface area contributed by atoms with Crippen LogP contribution in [0.3, 0.4) is 0 Å². The van der Waals surface area contributed by atoms with E-state index in [0.717, 1.165) is 5.56 Å². The van der Waals surface area contributed by atoms with Crippen LogP contribution in [0, 0.1) is 12.8 Å². The molecule has 120 valence electrons. The van der Waals surface area contributed by atoms with Gasteiger partial charge in [0.1, 0.15) is 5.54 Å². The standard InChI is InChI=1S/C7H15NO2.C7H8O3S/c1-5(2)4-7(3,8)6(9)10;1-6-2-4-7(5-3-6)11(8,9)10/h5H,4,8H2,1-3H3,(H,9,10);2-5H,1H3,(H,8,9,10)/t7-;/m1./s1. The number of nitrogens with two attached hydrogens (primary N) is 1. The number of carbonyl (C=O) groups is 1. The molecule has 1 rings (SSSR count). The maximum absolute atomic E-state index is 10.5. The molecule has 7 heteroatoms. The largest absolute Gasteiger partial charge is 0.480 e. The van der Waals surface area contributed by atoms with Crippen LogP contribution in [-0.4, -0.2) is 29.6 Å². The number of aliphatic carboxylic acids is 1. The lowest BCUT2D eigenvalue weighted by molar-refractivity contribution is -0.143. The molecule has 0 amide bonds. The predicted molar refractivity (Wildman–Crippen MR) is 80.7 cm³/mol. The summed E-state index contributed by atoms with van der Waals surface area (Å²) < 4.78 is 29.6. The van der Waals surface area contributed by atoms with Crippen LogP contribution in [0.5, 0.6) is 0 Å². The molecule has 4 N–H and O–H groups in total. The Morgan fingerprint density at radius 2 is 1.71 bits per heavy atom. The van der Waals surface area contributed by atoms with Crippen LogP contribution < -0.4 is 5.73 Å². The maximum atomic E-state index is 10.5. The van der Waals surface area contributed by atoms with Crippen molar-refractivity contribution in [2.75, 3.05) is 0 Å². The van der Waals surface area contributed by atoms with Crippen molar-refractivity contribution in [2.45, 2.75) is 44.6 Å². The molecule has 0 saturated heterocycles. The van der Waals surface area contributed by atoms with Gasteiger partial charge in [-0.1, -0.05) is 31.5 Å². The summed E-state index contributed by atoms with van der Waals surface area (Å²) >= 11 is 0. The van der Waals surface area contributed by atoms with Gasteiger partial charge in [-0.15, -0.1) is 0 Å². The molecule has 0 heterocycles. The Bertz CT molecular complexity index is 562. The zero-order valence-electron chi connectivity index (χ0n) is 12.7. The van der Waals surface area contributed by atoms with Crippen molar-refractivity contribution in [3.63, 3.8) is 0 Å². The topological polar surface area (TPSA) is 118 Å². The van der Waals surface area contributed by atoms with Crippen LogP contribution in [0.15, 0.2) is 29.2 Å². The number of carboxylic acid groups (broad SMARTS) is 1. The number of benzene rings is 1. The van der Waals surface area contributed by atoms with E-state index in [4.69, 9.17) is 15.4 Å². The number of hydrogen-bond donors (Lipinski definition) is 3. The first-order chi connectivity index (χ1) is 9.36. The van der Waals surface area contributed by atoms with E-state index < -0.39 is 21.6 Å². The smallest absolute Gasteiger partial charge is 0.323 e. The van der Waals surface area contributed by atoms with Crippen molar-refractivity contribution in [2.24, 2.45) is 11.7 Å². The minimum absolute atomic E-state index is 0.0666. The van der Waals surface area contributed by atoms with Gasteiger partial charge in [0.2, 0.25) is 0 Å². The van der Waals surface area contributed by atoms with Crippen molar-refractivity contribution >= 4 is 16.1 Å². The monoisotopic (exact) mass is 317 g/mol. The van der Waals surface area contributed by atoms with E-state index in [-0.39, 0.29) is 4.90 Å². The van der Waals surface area contributed by atoms with Gasteiger partial charge >= 0.3 is 5.97 Å². The van der Waals surface area contributed by atoms with Gasteiger partial charge in [0.15, 0.2) is 0 Å². The first-order valence-electron chi connectivity index (χ1n) is 6.42. The van der Waals surface area contributed by atoms with E-state index in [1.54, 1.807) is 12.1 Å². The Morgan fingerprint density at radius 1 is 1.29 bits per heavy atom. The number of rotatable bonds is 4. The van der Waals surface area contributed by atoms with Gasteiger partial charge in [0.25, 0.3) is 10.1 Å². The normalized spacial score (nSPS) is 14.0. The fraction of sp³-hybridized carbons (Fsp3) is 0.500. The van der Waals surface area contributed by atoms with E-state index in [9.17, 15) is 13.2 Å². The van der Waals surface area contributed by atoms with Gasteiger partial charge in [-0.3, -0.25) is 9.35 Å². The fourth-order valence-corrected chi connectivity index (χ4v) is 2.13. The van der Waals surface area contributed by atoms with Gasteiger partial charge < -0.3 is 10.8 Å². The first-order valence-corrected chi connectivity index (χ1v) is 7.86. The van der Waals surface area contributed by atoms with Gasteiger partial charge in [-0.2, -0.15) is 8.42 Å². The molecule has 6 nitrogen and oxygen atoms in total. The summed E-state index contributed by atoms with van der Waals surface area (Å²) in [5.41, 5.74) is 5.36. The average Bonchev–Trinajstić information content (AvgIpc) is 2.27. The lowest BCUT2D eigenvalue weighted by atomic mass is 9.92. The van der Waals surface area contributed by atoms with Gasteiger partial charge in [-0.25, -0.2) is 0 Å². The third kappa shape index (κ3) is 7.79. The molecule has 1 aromatic rings. The van der Waals surface area contributed by atoms with Crippen LogP contribution >= 0.6 is 0 Å². The highest BCUT2D eigenvalue weighted by molar-refractivity contribution is 7.85. The Hall–Kier alpha value is -1.44. The first kappa shape index (κ1) is 19.6. The van der Waals surface area contributed by atoms with Crippen LogP contribution in [0.1, 0.15) is 32.8 Å². The molecular weight excluding hydrogens is 294 g/mol. The summed E-state index contributed by atoms with van der Waals surface area (Å²) in [7, 11) is -4.02. The second-order valence-electron chi connectivity index (χ2n) is 5.61. The lowest BCUT2D eigenvalue weighted by Gasteiger charge is -2.20. The summed E-state index contributed by atoms with van der Waals surface area (Å²) in [6.07, 6.45) is 0.516. The van der Waals surface area contributed by atoms with E-state index in [1.165, 1.54) is 19.1 Å². The van der Waals surface area contributed by atoms with E-state index in [1.807, 2.05) is 20.8 Å². The van der Waals surface area contributed by atoms with E-state index in [2.05, 4.69) is 0 Å². The highest BCUT2D eigenvalue weighted by atomic mass is 32.2. The third-order valence-electron chi connectivity index (χ3n) is 2.64. The molecule has 0 fully saturated rings. The predicted octanol–water partition coefficient (Wildman–Crippen LogP) is 2.08. The lowest BCUT2D eigenvalue weighted by Crippen LogP contribution is -2.45. The Balaban J connectivity index is 0.000000384. The molecular formula is C14H23NO5S. The van der Waals surface area contributed by atoms with E-state index >= 15 is 0 Å². The quantitative estimate of drug-likeness (QED) is 0.732. The van der Waals surface area contributed by atoms with Gasteiger partial charge in [0, 0.05) is 0 Å². The number of aryl methyl sites for hydroxylation is 1. The van der Waals surface area contributed by atoms with Crippen molar-refractivity contribution in [3.05, 3.63) is 29.8 Å². The van der Waals surface area contributed by atoms with Crippen molar-refractivity contribution < 1.29 is 22.9 Å². The summed E-state index contributed by atoms with van der Waals surface area (Å²) in [5, 5.41) is 8.57. The third-order valence-corrected chi connectivity index (χ3v) is 3.51. The summed E-state index contributed by atoms with van der Waals surface area (Å²) in [6, 6.07) is 5.99. The van der Waals surface area contributed by atoms with E-state index in [0.29, 0.717) is 12.3 Å². The van der Waals surface area contributed by atoms with Crippen LogP contribution in [0.2, 0.25) is 0 Å². The molecule has 0 spiro atoms. The average molecular weight is 317 g/mol. The second kappa shape index (κ2) is 7.53. The van der Waals surface area contributed by atoms with Crippen molar-refractivity contribution in [3.8, 4) is 0 Å². The number of carboxylic acids is 1. The number of hydrogen-bond acceptors (Lipinski definition) is 4. The van der Waals surface area contributed by atoms with Crippen LogP contribution in [-0.2, 0) is 14.9 Å². The molecule has 1 aromatic carbocycles. The molecule has 0 saturated carbocycles. The Labute approximate surface area is 125 Å². The Morgan fingerprint density at radius 3 is 1.95 bits per heavy atom. The zero-order valence-corrected chi connectivity index (χ0v) is 13.5.